The molecule has 0 atom stereocenters. The summed E-state index contributed by atoms with van der Waals surface area (Å²) in [6, 6.07) is 13.9. The highest BCUT2D eigenvalue weighted by molar-refractivity contribution is 7.89. The molecular formula is C20H21FN4O3S. The first-order chi connectivity index (χ1) is 13.9. The van der Waals surface area contributed by atoms with E-state index in [1.54, 1.807) is 10.9 Å². The Labute approximate surface area is 168 Å². The van der Waals surface area contributed by atoms with Crippen LogP contribution < -0.4 is 5.32 Å². The number of carbonyl (C=O) groups is 1. The molecule has 0 unspecified atom stereocenters. The number of nitrogens with zero attached hydrogens (tertiary/aromatic N) is 3. The number of sulfonamides is 1. The minimum absolute atomic E-state index is 0.0706. The fourth-order valence-corrected chi connectivity index (χ4v) is 3.90. The number of likely N-dealkylation sites (N-methyl/N-ethyl adjacent to an activating group) is 1. The molecule has 0 spiro atoms. The van der Waals surface area contributed by atoms with Crippen LogP contribution in [-0.2, 0) is 27.9 Å². The van der Waals surface area contributed by atoms with E-state index in [4.69, 9.17) is 0 Å². The molecule has 0 saturated heterocycles. The molecule has 1 aromatic heterocycles. The van der Waals surface area contributed by atoms with Crippen molar-refractivity contribution < 1.29 is 17.6 Å². The second kappa shape index (κ2) is 8.97. The van der Waals surface area contributed by atoms with Crippen molar-refractivity contribution >= 4 is 15.9 Å². The highest BCUT2D eigenvalue weighted by atomic mass is 32.2. The average Bonchev–Trinajstić information content (AvgIpc) is 3.20. The molecule has 0 aliphatic heterocycles. The van der Waals surface area contributed by atoms with Gasteiger partial charge >= 0.3 is 0 Å². The summed E-state index contributed by atoms with van der Waals surface area (Å²) >= 11 is 0. The molecule has 152 valence electrons. The normalized spacial score (nSPS) is 11.6. The topological polar surface area (TPSA) is 84.3 Å². The number of hydrogen-bond acceptors (Lipinski definition) is 4. The van der Waals surface area contributed by atoms with Gasteiger partial charge in [0.1, 0.15) is 5.82 Å². The fraction of sp³-hybridized carbons (Fsp3) is 0.200. The molecule has 0 fully saturated rings. The molecule has 1 heterocycles. The van der Waals surface area contributed by atoms with Gasteiger partial charge in [-0.2, -0.15) is 9.40 Å². The van der Waals surface area contributed by atoms with Crippen molar-refractivity contribution in [3.8, 4) is 0 Å². The van der Waals surface area contributed by atoms with Gasteiger partial charge in [0, 0.05) is 26.0 Å². The first-order valence-corrected chi connectivity index (χ1v) is 10.3. The molecule has 0 saturated carbocycles. The molecule has 0 aliphatic carbocycles. The van der Waals surface area contributed by atoms with Crippen LogP contribution in [0.2, 0.25) is 0 Å². The van der Waals surface area contributed by atoms with Gasteiger partial charge in [-0.25, -0.2) is 12.8 Å². The van der Waals surface area contributed by atoms with Crippen LogP contribution >= 0.6 is 0 Å². The molecular weight excluding hydrogens is 395 g/mol. The Morgan fingerprint density at radius 1 is 1.10 bits per heavy atom. The summed E-state index contributed by atoms with van der Waals surface area (Å²) < 4.78 is 40.7. The maximum Gasteiger partial charge on any atom is 0.243 e. The maximum atomic E-state index is 13.0. The highest BCUT2D eigenvalue weighted by Gasteiger charge is 2.23. The fourth-order valence-electron chi connectivity index (χ4n) is 2.78. The molecule has 3 aromatic rings. The van der Waals surface area contributed by atoms with E-state index in [-0.39, 0.29) is 18.0 Å². The summed E-state index contributed by atoms with van der Waals surface area (Å²) in [5.41, 5.74) is 1.92. The van der Waals surface area contributed by atoms with Gasteiger partial charge in [0.25, 0.3) is 0 Å². The zero-order valence-electron chi connectivity index (χ0n) is 15.8. The monoisotopic (exact) mass is 416 g/mol. The quantitative estimate of drug-likeness (QED) is 0.609. The number of aromatic nitrogens is 2. The molecule has 1 N–H and O–H groups in total. The summed E-state index contributed by atoms with van der Waals surface area (Å²) in [4.78, 5) is 12.2. The Morgan fingerprint density at radius 3 is 2.45 bits per heavy atom. The highest BCUT2D eigenvalue weighted by Crippen LogP contribution is 2.15. The first-order valence-electron chi connectivity index (χ1n) is 8.89. The summed E-state index contributed by atoms with van der Waals surface area (Å²) in [5.74, 6) is -0.967. The molecule has 29 heavy (non-hydrogen) atoms. The van der Waals surface area contributed by atoms with Crippen LogP contribution in [0.15, 0.2) is 71.9 Å². The van der Waals surface area contributed by atoms with Gasteiger partial charge in [0.2, 0.25) is 15.9 Å². The van der Waals surface area contributed by atoms with E-state index < -0.39 is 21.7 Å². The van der Waals surface area contributed by atoms with E-state index in [1.165, 1.54) is 19.2 Å². The molecule has 0 radical (unpaired) electrons. The van der Waals surface area contributed by atoms with Gasteiger partial charge < -0.3 is 5.32 Å². The van der Waals surface area contributed by atoms with Gasteiger partial charge in [-0.3, -0.25) is 9.48 Å². The van der Waals surface area contributed by atoms with Crippen LogP contribution in [0.4, 0.5) is 4.39 Å². The van der Waals surface area contributed by atoms with Crippen LogP contribution in [-0.4, -0.2) is 42.0 Å². The lowest BCUT2D eigenvalue weighted by molar-refractivity contribution is -0.121. The van der Waals surface area contributed by atoms with Gasteiger partial charge in [-0.1, -0.05) is 24.3 Å². The molecule has 7 nitrogen and oxygen atoms in total. The number of hydrogen-bond donors (Lipinski definition) is 1. The first kappa shape index (κ1) is 20.7. The smallest absolute Gasteiger partial charge is 0.243 e. The molecule has 3 rings (SSSR count). The summed E-state index contributed by atoms with van der Waals surface area (Å²) in [6.45, 7) is 0.486. The van der Waals surface area contributed by atoms with Crippen molar-refractivity contribution in [1.29, 1.82) is 0 Å². The Bertz CT molecular complexity index is 1070. The van der Waals surface area contributed by atoms with Crippen molar-refractivity contribution in [1.82, 2.24) is 19.4 Å². The zero-order chi connectivity index (χ0) is 20.9. The number of rotatable bonds is 8. The average molecular weight is 416 g/mol. The third-order valence-corrected chi connectivity index (χ3v) is 6.19. The second-order valence-electron chi connectivity index (χ2n) is 6.46. The van der Waals surface area contributed by atoms with Crippen molar-refractivity contribution in [3.63, 3.8) is 0 Å². The van der Waals surface area contributed by atoms with Crippen LogP contribution in [0, 0.1) is 5.82 Å². The predicted molar refractivity (Wildman–Crippen MR) is 106 cm³/mol. The van der Waals surface area contributed by atoms with Crippen molar-refractivity contribution in [2.24, 2.45) is 0 Å². The van der Waals surface area contributed by atoms with Crippen LogP contribution in [0.3, 0.4) is 0 Å². The van der Waals surface area contributed by atoms with E-state index in [0.717, 1.165) is 27.6 Å². The van der Waals surface area contributed by atoms with E-state index in [9.17, 15) is 17.6 Å². The molecule has 1 amide bonds. The third-order valence-electron chi connectivity index (χ3n) is 4.37. The Kier molecular flexibility index (Phi) is 6.40. The lowest BCUT2D eigenvalue weighted by Gasteiger charge is -2.17. The number of amides is 1. The number of halogens is 1. The summed E-state index contributed by atoms with van der Waals surface area (Å²) in [6.07, 6.45) is 3.55. The van der Waals surface area contributed by atoms with Crippen LogP contribution in [0.1, 0.15) is 11.1 Å². The Balaban J connectivity index is 1.61. The second-order valence-corrected chi connectivity index (χ2v) is 8.51. The van der Waals surface area contributed by atoms with Crippen molar-refractivity contribution in [3.05, 3.63) is 83.9 Å². The molecule has 9 heteroatoms. The SMILES string of the molecule is CN(CC(=O)NCc1ccccc1Cn1cccn1)S(=O)(=O)c1ccc(F)cc1. The lowest BCUT2D eigenvalue weighted by Crippen LogP contribution is -2.38. The number of benzene rings is 2. The van der Waals surface area contributed by atoms with E-state index in [2.05, 4.69) is 10.4 Å². The van der Waals surface area contributed by atoms with Gasteiger partial charge in [-0.05, 0) is 41.5 Å². The van der Waals surface area contributed by atoms with Crippen molar-refractivity contribution in [2.45, 2.75) is 18.0 Å². The van der Waals surface area contributed by atoms with Crippen LogP contribution in [0.25, 0.3) is 0 Å². The maximum absolute atomic E-state index is 13.0. The largest absolute Gasteiger partial charge is 0.351 e. The summed E-state index contributed by atoms with van der Waals surface area (Å²) in [5, 5.41) is 6.93. The summed E-state index contributed by atoms with van der Waals surface area (Å²) in [7, 11) is -2.57. The Hall–Kier alpha value is -3.04. The van der Waals surface area contributed by atoms with Gasteiger partial charge in [0.05, 0.1) is 18.0 Å². The molecule has 0 aliphatic rings. The van der Waals surface area contributed by atoms with E-state index >= 15 is 0 Å². The predicted octanol–water partition coefficient (Wildman–Crippen LogP) is 2.01. The zero-order valence-corrected chi connectivity index (χ0v) is 16.6. The lowest BCUT2D eigenvalue weighted by atomic mass is 10.1. The number of nitrogens with one attached hydrogen (secondary N) is 1. The van der Waals surface area contributed by atoms with Crippen molar-refractivity contribution in [2.75, 3.05) is 13.6 Å². The van der Waals surface area contributed by atoms with E-state index in [0.29, 0.717) is 6.54 Å². The Morgan fingerprint density at radius 2 is 1.79 bits per heavy atom. The standard InChI is InChI=1S/C20H21FN4O3S/c1-24(29(27,28)19-9-7-18(21)8-10-19)15-20(26)22-13-16-5-2-3-6-17(16)14-25-12-4-11-23-25/h2-12H,13-15H2,1H3,(H,22,26). The number of carbonyl (C=O) groups excluding carboxylic acids is 1. The minimum Gasteiger partial charge on any atom is -0.351 e. The van der Waals surface area contributed by atoms with Gasteiger partial charge in [0.15, 0.2) is 0 Å². The van der Waals surface area contributed by atoms with Crippen LogP contribution in [0.5, 0.6) is 0 Å². The minimum atomic E-state index is -3.88. The van der Waals surface area contributed by atoms with E-state index in [1.807, 2.05) is 36.5 Å². The molecule has 0 bridgehead atoms. The third kappa shape index (κ3) is 5.27. The van der Waals surface area contributed by atoms with Gasteiger partial charge in [-0.15, -0.1) is 0 Å². The molecule has 2 aromatic carbocycles.